The molecule has 2 saturated heterocycles. The Morgan fingerprint density at radius 3 is 2.21 bits per heavy atom. The molecular weight excluding hydrogens is 576 g/mol. The Kier molecular flexibility index (Phi) is 8.80. The molecule has 0 saturated carbocycles. The summed E-state index contributed by atoms with van der Waals surface area (Å²) in [5.74, 6) is -1.16. The van der Waals surface area contributed by atoms with Crippen LogP contribution in [-0.2, 0) is 14.2 Å². The number of phenols is 2. The molecule has 3 aromatic rings. The highest BCUT2D eigenvalue weighted by molar-refractivity contribution is 5.89. The molecule has 1 aromatic heterocycles. The first kappa shape index (κ1) is 30.9. The predicted molar refractivity (Wildman–Crippen MR) is 143 cm³/mol. The Hall–Kier alpha value is -3.51. The maximum atomic E-state index is 13.0. The van der Waals surface area contributed by atoms with E-state index in [1.54, 1.807) is 0 Å². The number of aliphatic hydroxyl groups is 6. The Morgan fingerprint density at radius 1 is 0.860 bits per heavy atom. The van der Waals surface area contributed by atoms with Gasteiger partial charge in [0.15, 0.2) is 29.3 Å². The summed E-state index contributed by atoms with van der Waals surface area (Å²) in [6.45, 7) is 0.664. The first-order chi connectivity index (χ1) is 20.4. The molecule has 5 rings (SSSR count). The van der Waals surface area contributed by atoms with E-state index in [4.69, 9.17) is 28.1 Å². The van der Waals surface area contributed by atoms with E-state index in [1.807, 2.05) is 0 Å². The van der Waals surface area contributed by atoms with Crippen LogP contribution in [0.4, 0.5) is 0 Å². The van der Waals surface area contributed by atoms with Crippen molar-refractivity contribution in [1.82, 2.24) is 0 Å². The van der Waals surface area contributed by atoms with Gasteiger partial charge in [0.2, 0.25) is 12.0 Å². The van der Waals surface area contributed by atoms with Gasteiger partial charge in [-0.05, 0) is 31.2 Å². The number of phenolic OH excluding ortho intramolecular Hbond substituents is 2. The van der Waals surface area contributed by atoms with Crippen LogP contribution in [0.5, 0.6) is 23.0 Å². The molecule has 0 spiro atoms. The zero-order valence-electron chi connectivity index (χ0n) is 22.9. The first-order valence-corrected chi connectivity index (χ1v) is 13.3. The van der Waals surface area contributed by atoms with E-state index < -0.39 is 79.2 Å². The zero-order valence-corrected chi connectivity index (χ0v) is 22.9. The number of ether oxygens (including phenoxy) is 5. The summed E-state index contributed by atoms with van der Waals surface area (Å²) >= 11 is 0. The number of hydrogen-bond donors (Lipinski definition) is 8. The van der Waals surface area contributed by atoms with Gasteiger partial charge in [0, 0.05) is 17.7 Å². The fourth-order valence-corrected chi connectivity index (χ4v) is 5.02. The van der Waals surface area contributed by atoms with Crippen molar-refractivity contribution in [3.8, 4) is 34.3 Å². The van der Waals surface area contributed by atoms with E-state index in [-0.39, 0.29) is 34.0 Å². The number of fused-ring (bicyclic) bond motifs is 1. The average molecular weight is 609 g/mol. The van der Waals surface area contributed by atoms with Crippen LogP contribution in [0.25, 0.3) is 22.3 Å². The molecule has 43 heavy (non-hydrogen) atoms. The maximum Gasteiger partial charge on any atom is 0.229 e. The van der Waals surface area contributed by atoms with Crippen molar-refractivity contribution >= 4 is 11.0 Å². The lowest BCUT2D eigenvalue weighted by Gasteiger charge is -2.45. The second-order valence-electron chi connectivity index (χ2n) is 10.3. The number of rotatable bonds is 7. The lowest BCUT2D eigenvalue weighted by Crippen LogP contribution is -2.64. The van der Waals surface area contributed by atoms with Crippen LogP contribution < -0.4 is 14.9 Å². The molecule has 2 aliphatic rings. The summed E-state index contributed by atoms with van der Waals surface area (Å²) in [6, 6.07) is 8.17. The number of methoxy groups -OCH3 is 1. The summed E-state index contributed by atoms with van der Waals surface area (Å²) in [5, 5.41) is 82.1. The third-order valence-corrected chi connectivity index (χ3v) is 7.44. The largest absolute Gasteiger partial charge is 0.508 e. The Morgan fingerprint density at radius 2 is 1.56 bits per heavy atom. The summed E-state index contributed by atoms with van der Waals surface area (Å²) < 4.78 is 33.9. The summed E-state index contributed by atoms with van der Waals surface area (Å²) in [5.41, 5.74) is -0.332. The van der Waals surface area contributed by atoms with E-state index in [2.05, 4.69) is 0 Å². The maximum absolute atomic E-state index is 13.0. The van der Waals surface area contributed by atoms with Crippen LogP contribution in [0.2, 0.25) is 0 Å². The molecule has 2 aliphatic heterocycles. The van der Waals surface area contributed by atoms with Gasteiger partial charge in [-0.2, -0.15) is 0 Å². The zero-order chi connectivity index (χ0) is 31.2. The van der Waals surface area contributed by atoms with Gasteiger partial charge >= 0.3 is 0 Å². The lowest BCUT2D eigenvalue weighted by molar-refractivity contribution is -0.354. The molecule has 3 heterocycles. The number of aromatic hydroxyl groups is 2. The minimum atomic E-state index is -1.80. The van der Waals surface area contributed by atoms with Crippen LogP contribution in [-0.4, -0.2) is 116 Å². The van der Waals surface area contributed by atoms with Crippen LogP contribution in [0.1, 0.15) is 6.92 Å². The quantitative estimate of drug-likeness (QED) is 0.159. The van der Waals surface area contributed by atoms with Crippen molar-refractivity contribution in [3.63, 3.8) is 0 Å². The second kappa shape index (κ2) is 12.2. The molecular formula is C28H32O15. The van der Waals surface area contributed by atoms with Crippen LogP contribution in [0, 0.1) is 0 Å². The second-order valence-corrected chi connectivity index (χ2v) is 10.3. The van der Waals surface area contributed by atoms with E-state index in [1.165, 1.54) is 44.4 Å². The molecule has 10 atom stereocenters. The van der Waals surface area contributed by atoms with Crippen molar-refractivity contribution in [3.05, 3.63) is 46.6 Å². The normalized spacial score (nSPS) is 32.9. The highest BCUT2D eigenvalue weighted by atomic mass is 16.8. The molecule has 0 bridgehead atoms. The number of benzene rings is 2. The molecule has 2 fully saturated rings. The molecule has 234 valence electrons. The standard InChI is InChI=1S/C28H32O15/c1-10-19(32)22(35)24(37)27(39-10)43-26-23(36)20(33)17(9-29)42-28(26)41-16-8-15-18(21(34)25(16)38-2)13(31)7-14(40-15)11-3-5-12(30)6-4-11/h3-8,10,17,19-20,22-24,26-30,32-37H,9H2,1-2H3/t10-,17+,19-,20+,22+,23-,24+,26+,27-,28+/m0/s1. The first-order valence-electron chi connectivity index (χ1n) is 13.3. The highest BCUT2D eigenvalue weighted by Gasteiger charge is 2.51. The molecule has 15 heteroatoms. The SMILES string of the molecule is COc1c(O[C@@H]2O[C@H](CO)[C@@H](O)[C@H](O)[C@H]2O[C@@H]2O[C@@H](C)[C@H](O)[C@@H](O)[C@H]2O)cc2oc(-c3ccc(O)cc3)cc(=O)c2c1O. The van der Waals surface area contributed by atoms with Crippen LogP contribution >= 0.6 is 0 Å². The van der Waals surface area contributed by atoms with Crippen molar-refractivity contribution < 1.29 is 69.0 Å². The van der Waals surface area contributed by atoms with E-state index in [9.17, 15) is 45.6 Å². The van der Waals surface area contributed by atoms with Gasteiger partial charge in [0.25, 0.3) is 0 Å². The summed E-state index contributed by atoms with van der Waals surface area (Å²) in [4.78, 5) is 13.0. The molecule has 0 amide bonds. The third kappa shape index (κ3) is 5.74. The minimum absolute atomic E-state index is 0.00557. The number of aliphatic hydroxyl groups excluding tert-OH is 6. The minimum Gasteiger partial charge on any atom is -0.508 e. The molecule has 8 N–H and O–H groups in total. The molecule has 0 aliphatic carbocycles. The fraction of sp³-hybridized carbons (Fsp3) is 0.464. The molecule has 0 radical (unpaired) electrons. The van der Waals surface area contributed by atoms with Gasteiger partial charge in [-0.3, -0.25) is 4.79 Å². The summed E-state index contributed by atoms with van der Waals surface area (Å²) in [7, 11) is 1.19. The van der Waals surface area contributed by atoms with Gasteiger partial charge in [0.05, 0.1) is 19.8 Å². The molecule has 15 nitrogen and oxygen atoms in total. The van der Waals surface area contributed by atoms with Crippen LogP contribution in [0.3, 0.4) is 0 Å². The van der Waals surface area contributed by atoms with Gasteiger partial charge < -0.3 is 69.0 Å². The van der Waals surface area contributed by atoms with Gasteiger partial charge in [-0.15, -0.1) is 0 Å². The third-order valence-electron chi connectivity index (χ3n) is 7.44. The van der Waals surface area contributed by atoms with Gasteiger partial charge in [-0.25, -0.2) is 0 Å². The highest BCUT2D eigenvalue weighted by Crippen LogP contribution is 2.44. The van der Waals surface area contributed by atoms with Gasteiger partial charge in [-0.1, -0.05) is 0 Å². The van der Waals surface area contributed by atoms with E-state index >= 15 is 0 Å². The number of hydrogen-bond acceptors (Lipinski definition) is 15. The van der Waals surface area contributed by atoms with Crippen molar-refractivity contribution in [2.45, 2.75) is 68.3 Å². The van der Waals surface area contributed by atoms with Crippen molar-refractivity contribution in [1.29, 1.82) is 0 Å². The Labute approximate surface area is 243 Å². The van der Waals surface area contributed by atoms with E-state index in [0.29, 0.717) is 5.56 Å². The monoisotopic (exact) mass is 608 g/mol. The van der Waals surface area contributed by atoms with Crippen LogP contribution in [0.15, 0.2) is 45.6 Å². The Balaban J connectivity index is 1.54. The lowest BCUT2D eigenvalue weighted by atomic mass is 9.97. The predicted octanol–water partition coefficient (Wildman–Crippen LogP) is -1.09. The fourth-order valence-electron chi connectivity index (χ4n) is 5.02. The molecule has 0 unspecified atom stereocenters. The molecule has 2 aromatic carbocycles. The van der Waals surface area contributed by atoms with Gasteiger partial charge in [0.1, 0.15) is 59.1 Å². The van der Waals surface area contributed by atoms with Crippen molar-refractivity contribution in [2.75, 3.05) is 13.7 Å². The summed E-state index contributed by atoms with van der Waals surface area (Å²) in [6.07, 6.45) is -15.7. The van der Waals surface area contributed by atoms with Crippen molar-refractivity contribution in [2.24, 2.45) is 0 Å². The average Bonchev–Trinajstić information content (AvgIpc) is 2.98. The Bertz CT molecular complexity index is 1490. The smallest absolute Gasteiger partial charge is 0.229 e. The van der Waals surface area contributed by atoms with E-state index in [0.717, 1.165) is 6.07 Å². The topological polar surface area (TPSA) is 238 Å².